The van der Waals surface area contributed by atoms with E-state index < -0.39 is 11.7 Å². The number of halogens is 3. The van der Waals surface area contributed by atoms with Crippen molar-refractivity contribution in [1.29, 1.82) is 0 Å². The highest BCUT2D eigenvalue weighted by Crippen LogP contribution is 2.37. The summed E-state index contributed by atoms with van der Waals surface area (Å²) < 4.78 is 38.0. The summed E-state index contributed by atoms with van der Waals surface area (Å²) >= 11 is 1.85. The highest BCUT2D eigenvalue weighted by Gasteiger charge is 2.34. The van der Waals surface area contributed by atoms with Crippen LogP contribution in [0, 0.1) is 5.41 Å². The van der Waals surface area contributed by atoms with Crippen molar-refractivity contribution in [3.63, 3.8) is 0 Å². The molecule has 0 spiro atoms. The van der Waals surface area contributed by atoms with Crippen molar-refractivity contribution in [1.82, 2.24) is 0 Å². The molecule has 1 fully saturated rings. The largest absolute Gasteiger partial charge is 0.416 e. The smallest absolute Gasteiger partial charge is 0.381 e. The van der Waals surface area contributed by atoms with Crippen LogP contribution in [0.3, 0.4) is 0 Å². The van der Waals surface area contributed by atoms with E-state index in [1.54, 1.807) is 6.07 Å². The molecule has 1 aromatic rings. The maximum Gasteiger partial charge on any atom is 0.416 e. The molecule has 1 N–H and O–H groups in total. The second-order valence-electron chi connectivity index (χ2n) is 5.59. The summed E-state index contributed by atoms with van der Waals surface area (Å²) in [6.45, 7) is 4.33. The molecule has 1 atom stereocenters. The van der Waals surface area contributed by atoms with E-state index in [4.69, 9.17) is 0 Å². The molecule has 0 aromatic heterocycles. The van der Waals surface area contributed by atoms with Crippen molar-refractivity contribution in [2.75, 3.05) is 16.8 Å². The average Bonchev–Trinajstić information content (AvgIpc) is 2.31. The number of nitrogens with one attached hydrogen (secondary N) is 1. The molecule has 1 nitrogen and oxygen atoms in total. The van der Waals surface area contributed by atoms with E-state index in [0.717, 1.165) is 24.0 Å². The van der Waals surface area contributed by atoms with Crippen molar-refractivity contribution >= 4 is 17.4 Å². The van der Waals surface area contributed by atoms with Crippen LogP contribution in [0.2, 0.25) is 0 Å². The van der Waals surface area contributed by atoms with Crippen LogP contribution in [0.25, 0.3) is 0 Å². The molecule has 1 aromatic carbocycles. The lowest BCUT2D eigenvalue weighted by molar-refractivity contribution is -0.137. The van der Waals surface area contributed by atoms with Crippen molar-refractivity contribution < 1.29 is 13.2 Å². The predicted molar refractivity (Wildman–Crippen MR) is 74.6 cm³/mol. The molecule has 0 saturated carbocycles. The quantitative estimate of drug-likeness (QED) is 0.850. The number of hydrogen-bond acceptors (Lipinski definition) is 2. The number of hydrogen-bond donors (Lipinski definition) is 1. The molecule has 1 heterocycles. The Bertz CT molecular complexity index is 443. The summed E-state index contributed by atoms with van der Waals surface area (Å²) in [7, 11) is 0. The Morgan fingerprint density at radius 2 is 2.05 bits per heavy atom. The first-order chi connectivity index (χ1) is 8.79. The average molecular weight is 289 g/mol. The summed E-state index contributed by atoms with van der Waals surface area (Å²) in [4.78, 5) is 0. The first kappa shape index (κ1) is 14.6. The van der Waals surface area contributed by atoms with Crippen molar-refractivity contribution in [2.45, 2.75) is 32.5 Å². The zero-order valence-electron chi connectivity index (χ0n) is 11.1. The number of benzene rings is 1. The van der Waals surface area contributed by atoms with E-state index in [2.05, 4.69) is 19.2 Å². The van der Waals surface area contributed by atoms with Gasteiger partial charge in [0.25, 0.3) is 0 Å². The van der Waals surface area contributed by atoms with Crippen LogP contribution in [-0.4, -0.2) is 17.5 Å². The predicted octanol–water partition coefficient (Wildman–Crippen LogP) is 4.65. The van der Waals surface area contributed by atoms with Crippen LogP contribution in [0.1, 0.15) is 25.8 Å². The SMILES string of the molecule is CC1(C)CCSCC1Nc1cccc(C(F)(F)F)c1. The van der Waals surface area contributed by atoms with Gasteiger partial charge in [-0.05, 0) is 35.8 Å². The Morgan fingerprint density at radius 3 is 2.68 bits per heavy atom. The Morgan fingerprint density at radius 1 is 1.32 bits per heavy atom. The maximum absolute atomic E-state index is 12.7. The van der Waals surface area contributed by atoms with Gasteiger partial charge in [0.1, 0.15) is 0 Å². The normalized spacial score (nSPS) is 23.1. The van der Waals surface area contributed by atoms with E-state index in [-0.39, 0.29) is 11.5 Å². The van der Waals surface area contributed by atoms with Gasteiger partial charge in [-0.1, -0.05) is 19.9 Å². The van der Waals surface area contributed by atoms with Gasteiger partial charge in [0, 0.05) is 17.5 Å². The van der Waals surface area contributed by atoms with E-state index in [9.17, 15) is 13.2 Å². The maximum atomic E-state index is 12.7. The van der Waals surface area contributed by atoms with Gasteiger partial charge in [0.05, 0.1) is 5.56 Å². The highest BCUT2D eigenvalue weighted by molar-refractivity contribution is 7.99. The molecule has 0 radical (unpaired) electrons. The summed E-state index contributed by atoms with van der Waals surface area (Å²) in [6, 6.07) is 5.65. The molecular weight excluding hydrogens is 271 g/mol. The third-order valence-electron chi connectivity index (χ3n) is 3.65. The van der Waals surface area contributed by atoms with Gasteiger partial charge in [-0.15, -0.1) is 0 Å². The van der Waals surface area contributed by atoms with E-state index in [1.807, 2.05) is 11.8 Å². The minimum absolute atomic E-state index is 0.111. The van der Waals surface area contributed by atoms with Gasteiger partial charge < -0.3 is 5.32 Å². The lowest BCUT2D eigenvalue weighted by atomic mass is 9.82. The highest BCUT2D eigenvalue weighted by atomic mass is 32.2. The molecule has 0 amide bonds. The first-order valence-corrected chi connectivity index (χ1v) is 7.46. The topological polar surface area (TPSA) is 12.0 Å². The molecule has 1 aliphatic rings. The second-order valence-corrected chi connectivity index (χ2v) is 6.74. The standard InChI is InChI=1S/C14H18F3NS/c1-13(2)6-7-19-9-12(13)18-11-5-3-4-10(8-11)14(15,16)17/h3-5,8,12,18H,6-7,9H2,1-2H3. The van der Waals surface area contributed by atoms with Gasteiger partial charge in [0.15, 0.2) is 0 Å². The van der Waals surface area contributed by atoms with Gasteiger partial charge in [-0.2, -0.15) is 24.9 Å². The van der Waals surface area contributed by atoms with Crippen molar-refractivity contribution in [3.8, 4) is 0 Å². The fourth-order valence-corrected chi connectivity index (χ4v) is 3.77. The van der Waals surface area contributed by atoms with Crippen LogP contribution in [-0.2, 0) is 6.18 Å². The minimum atomic E-state index is -4.28. The summed E-state index contributed by atoms with van der Waals surface area (Å²) in [5.41, 5.74) is 0.0635. The van der Waals surface area contributed by atoms with Crippen LogP contribution in [0.15, 0.2) is 24.3 Å². The summed E-state index contributed by atoms with van der Waals surface area (Å²) in [6.07, 6.45) is -3.21. The first-order valence-electron chi connectivity index (χ1n) is 6.30. The number of rotatable bonds is 2. The number of thioether (sulfide) groups is 1. The van der Waals surface area contributed by atoms with E-state index >= 15 is 0 Å². The number of anilines is 1. The molecule has 19 heavy (non-hydrogen) atoms. The van der Waals surface area contributed by atoms with Crippen LogP contribution in [0.4, 0.5) is 18.9 Å². The third kappa shape index (κ3) is 3.59. The van der Waals surface area contributed by atoms with Crippen molar-refractivity contribution in [2.24, 2.45) is 5.41 Å². The van der Waals surface area contributed by atoms with Gasteiger partial charge in [-0.3, -0.25) is 0 Å². The molecule has 0 aliphatic carbocycles. The van der Waals surface area contributed by atoms with Gasteiger partial charge in [0.2, 0.25) is 0 Å². The lowest BCUT2D eigenvalue weighted by Gasteiger charge is -2.39. The zero-order chi connectivity index (χ0) is 14.1. The van der Waals surface area contributed by atoms with Crippen LogP contribution in [0.5, 0.6) is 0 Å². The van der Waals surface area contributed by atoms with Gasteiger partial charge in [-0.25, -0.2) is 0 Å². The molecule has 2 rings (SSSR count). The van der Waals surface area contributed by atoms with E-state index in [1.165, 1.54) is 12.1 Å². The Kier molecular flexibility index (Phi) is 4.04. The third-order valence-corrected chi connectivity index (χ3v) is 4.71. The molecule has 1 aliphatic heterocycles. The Labute approximate surface area is 116 Å². The van der Waals surface area contributed by atoms with Crippen LogP contribution < -0.4 is 5.32 Å². The van der Waals surface area contributed by atoms with Gasteiger partial charge >= 0.3 is 6.18 Å². The molecule has 0 bridgehead atoms. The number of alkyl halides is 3. The summed E-state index contributed by atoms with van der Waals surface area (Å²) in [5, 5.41) is 3.26. The Balaban J connectivity index is 2.15. The Hall–Kier alpha value is -0.840. The molecule has 5 heteroatoms. The fourth-order valence-electron chi connectivity index (χ4n) is 2.16. The molecule has 106 valence electrons. The molecular formula is C14H18F3NS. The van der Waals surface area contributed by atoms with E-state index in [0.29, 0.717) is 5.69 Å². The monoisotopic (exact) mass is 289 g/mol. The lowest BCUT2D eigenvalue weighted by Crippen LogP contribution is -2.41. The van der Waals surface area contributed by atoms with Crippen molar-refractivity contribution in [3.05, 3.63) is 29.8 Å². The zero-order valence-corrected chi connectivity index (χ0v) is 11.9. The fraction of sp³-hybridized carbons (Fsp3) is 0.571. The van der Waals surface area contributed by atoms with Crippen LogP contribution >= 0.6 is 11.8 Å². The second kappa shape index (κ2) is 5.27. The minimum Gasteiger partial charge on any atom is -0.381 e. The summed E-state index contributed by atoms with van der Waals surface area (Å²) in [5.74, 6) is 2.05. The molecule has 1 unspecified atom stereocenters. The molecule has 1 saturated heterocycles.